The minimum absolute atomic E-state index is 0.645. The summed E-state index contributed by atoms with van der Waals surface area (Å²) in [4.78, 5) is 2.55. The Hall–Kier alpha value is -0.860. The standard InChI is InChI=1S/C13H20N2/c14-11-13-5-3-12(4-6-13)7-10-15-8-1-2-9-15/h3-6H,1-2,7-11,14H2. The lowest BCUT2D eigenvalue weighted by Crippen LogP contribution is -2.21. The average molecular weight is 204 g/mol. The molecule has 0 saturated carbocycles. The first-order valence-electron chi connectivity index (χ1n) is 5.89. The lowest BCUT2D eigenvalue weighted by atomic mass is 10.1. The van der Waals surface area contributed by atoms with Gasteiger partial charge in [0.15, 0.2) is 0 Å². The summed E-state index contributed by atoms with van der Waals surface area (Å²) in [7, 11) is 0. The van der Waals surface area contributed by atoms with E-state index in [0.717, 1.165) is 0 Å². The highest BCUT2D eigenvalue weighted by atomic mass is 15.1. The molecule has 0 atom stereocenters. The van der Waals surface area contributed by atoms with Crippen LogP contribution in [0.5, 0.6) is 0 Å². The SMILES string of the molecule is NCc1ccc(CCN2CCCC2)cc1. The zero-order valence-electron chi connectivity index (χ0n) is 9.28. The van der Waals surface area contributed by atoms with Crippen molar-refractivity contribution < 1.29 is 0 Å². The normalized spacial score (nSPS) is 17.1. The molecule has 0 aliphatic carbocycles. The molecule has 82 valence electrons. The first-order chi connectivity index (χ1) is 7.38. The summed E-state index contributed by atoms with van der Waals surface area (Å²) in [5, 5.41) is 0. The van der Waals surface area contributed by atoms with Crippen molar-refractivity contribution in [2.24, 2.45) is 5.73 Å². The highest BCUT2D eigenvalue weighted by molar-refractivity contribution is 5.22. The minimum Gasteiger partial charge on any atom is -0.326 e. The summed E-state index contributed by atoms with van der Waals surface area (Å²) < 4.78 is 0. The first-order valence-corrected chi connectivity index (χ1v) is 5.89. The predicted molar refractivity (Wildman–Crippen MR) is 63.7 cm³/mol. The van der Waals surface area contributed by atoms with E-state index in [9.17, 15) is 0 Å². The molecule has 1 aliphatic heterocycles. The van der Waals surface area contributed by atoms with Gasteiger partial charge >= 0.3 is 0 Å². The molecule has 1 fully saturated rings. The van der Waals surface area contributed by atoms with Gasteiger partial charge in [-0.25, -0.2) is 0 Å². The van der Waals surface area contributed by atoms with Crippen molar-refractivity contribution in [1.29, 1.82) is 0 Å². The summed E-state index contributed by atoms with van der Waals surface area (Å²) in [5.74, 6) is 0. The van der Waals surface area contributed by atoms with Gasteiger partial charge in [-0.15, -0.1) is 0 Å². The molecule has 1 aliphatic rings. The van der Waals surface area contributed by atoms with Gasteiger partial charge in [-0.1, -0.05) is 24.3 Å². The van der Waals surface area contributed by atoms with E-state index in [0.29, 0.717) is 6.54 Å². The van der Waals surface area contributed by atoms with Crippen LogP contribution in [0.3, 0.4) is 0 Å². The fraction of sp³-hybridized carbons (Fsp3) is 0.538. The predicted octanol–water partition coefficient (Wildman–Crippen LogP) is 1.78. The van der Waals surface area contributed by atoms with Crippen LogP contribution in [0.15, 0.2) is 24.3 Å². The van der Waals surface area contributed by atoms with Gasteiger partial charge in [0.1, 0.15) is 0 Å². The molecule has 1 heterocycles. The zero-order valence-corrected chi connectivity index (χ0v) is 9.28. The Bertz CT molecular complexity index is 286. The number of hydrogen-bond donors (Lipinski definition) is 1. The van der Waals surface area contributed by atoms with Crippen molar-refractivity contribution in [2.45, 2.75) is 25.8 Å². The van der Waals surface area contributed by atoms with Crippen molar-refractivity contribution in [3.8, 4) is 0 Å². The van der Waals surface area contributed by atoms with Crippen LogP contribution in [0.4, 0.5) is 0 Å². The van der Waals surface area contributed by atoms with Crippen LogP contribution in [0.25, 0.3) is 0 Å². The van der Waals surface area contributed by atoms with Gasteiger partial charge < -0.3 is 10.6 Å². The fourth-order valence-electron chi connectivity index (χ4n) is 2.14. The Balaban J connectivity index is 1.82. The van der Waals surface area contributed by atoms with Crippen LogP contribution in [-0.2, 0) is 13.0 Å². The molecule has 1 aromatic rings. The molecule has 0 aromatic heterocycles. The Labute approximate surface area is 92.1 Å². The Morgan fingerprint density at radius 2 is 1.60 bits per heavy atom. The molecule has 2 heteroatoms. The molecule has 2 nitrogen and oxygen atoms in total. The number of rotatable bonds is 4. The van der Waals surface area contributed by atoms with Gasteiger partial charge in [0.2, 0.25) is 0 Å². The maximum atomic E-state index is 5.57. The lowest BCUT2D eigenvalue weighted by molar-refractivity contribution is 0.343. The van der Waals surface area contributed by atoms with Crippen LogP contribution >= 0.6 is 0 Å². The second-order valence-electron chi connectivity index (χ2n) is 4.32. The number of hydrogen-bond acceptors (Lipinski definition) is 2. The quantitative estimate of drug-likeness (QED) is 0.810. The molecular weight excluding hydrogens is 184 g/mol. The van der Waals surface area contributed by atoms with Crippen LogP contribution < -0.4 is 5.73 Å². The lowest BCUT2D eigenvalue weighted by Gasteiger charge is -2.14. The van der Waals surface area contributed by atoms with Gasteiger partial charge in [-0.3, -0.25) is 0 Å². The largest absolute Gasteiger partial charge is 0.326 e. The summed E-state index contributed by atoms with van der Waals surface area (Å²) >= 11 is 0. The molecule has 1 saturated heterocycles. The van der Waals surface area contributed by atoms with E-state index in [2.05, 4.69) is 29.2 Å². The number of nitrogens with zero attached hydrogens (tertiary/aromatic N) is 1. The third-order valence-corrected chi connectivity index (χ3v) is 3.17. The molecule has 0 amide bonds. The highest BCUT2D eigenvalue weighted by Crippen LogP contribution is 2.10. The molecular formula is C13H20N2. The molecule has 0 spiro atoms. The van der Waals surface area contributed by atoms with E-state index in [1.165, 1.54) is 50.0 Å². The number of nitrogens with two attached hydrogens (primary N) is 1. The molecule has 15 heavy (non-hydrogen) atoms. The van der Waals surface area contributed by atoms with E-state index in [-0.39, 0.29) is 0 Å². The third kappa shape index (κ3) is 3.05. The molecule has 0 bridgehead atoms. The molecule has 2 rings (SSSR count). The van der Waals surface area contributed by atoms with Crippen molar-refractivity contribution >= 4 is 0 Å². The molecule has 0 unspecified atom stereocenters. The average Bonchev–Trinajstić information content (AvgIpc) is 2.80. The summed E-state index contributed by atoms with van der Waals surface area (Å²) in [6, 6.07) is 8.69. The minimum atomic E-state index is 0.645. The van der Waals surface area contributed by atoms with Gasteiger partial charge in [0.25, 0.3) is 0 Å². The van der Waals surface area contributed by atoms with E-state index in [1.54, 1.807) is 0 Å². The fourth-order valence-corrected chi connectivity index (χ4v) is 2.14. The monoisotopic (exact) mass is 204 g/mol. The van der Waals surface area contributed by atoms with Crippen molar-refractivity contribution in [3.05, 3.63) is 35.4 Å². The highest BCUT2D eigenvalue weighted by Gasteiger charge is 2.10. The van der Waals surface area contributed by atoms with Gasteiger partial charge in [-0.2, -0.15) is 0 Å². The topological polar surface area (TPSA) is 29.3 Å². The van der Waals surface area contributed by atoms with Crippen molar-refractivity contribution in [2.75, 3.05) is 19.6 Å². The summed E-state index contributed by atoms with van der Waals surface area (Å²) in [6.07, 6.45) is 3.93. The Kier molecular flexibility index (Phi) is 3.75. The van der Waals surface area contributed by atoms with Crippen LogP contribution in [0, 0.1) is 0 Å². The maximum absolute atomic E-state index is 5.57. The number of likely N-dealkylation sites (tertiary alicyclic amines) is 1. The Morgan fingerprint density at radius 1 is 1.00 bits per heavy atom. The van der Waals surface area contributed by atoms with E-state index in [4.69, 9.17) is 5.73 Å². The molecule has 1 aromatic carbocycles. The summed E-state index contributed by atoms with van der Waals surface area (Å²) in [6.45, 7) is 4.44. The smallest absolute Gasteiger partial charge is 0.0178 e. The van der Waals surface area contributed by atoms with Gasteiger partial charge in [-0.05, 0) is 43.5 Å². The Morgan fingerprint density at radius 3 is 2.20 bits per heavy atom. The maximum Gasteiger partial charge on any atom is 0.0178 e. The summed E-state index contributed by atoms with van der Waals surface area (Å²) in [5.41, 5.74) is 8.22. The van der Waals surface area contributed by atoms with Gasteiger partial charge in [0.05, 0.1) is 0 Å². The van der Waals surface area contributed by atoms with Crippen LogP contribution in [0.2, 0.25) is 0 Å². The van der Waals surface area contributed by atoms with E-state index < -0.39 is 0 Å². The molecule has 2 N–H and O–H groups in total. The van der Waals surface area contributed by atoms with Crippen molar-refractivity contribution in [1.82, 2.24) is 4.90 Å². The van der Waals surface area contributed by atoms with Crippen LogP contribution in [-0.4, -0.2) is 24.5 Å². The third-order valence-electron chi connectivity index (χ3n) is 3.17. The van der Waals surface area contributed by atoms with E-state index >= 15 is 0 Å². The second-order valence-corrected chi connectivity index (χ2v) is 4.32. The van der Waals surface area contributed by atoms with Crippen molar-refractivity contribution in [3.63, 3.8) is 0 Å². The first kappa shape index (κ1) is 10.7. The number of benzene rings is 1. The van der Waals surface area contributed by atoms with Gasteiger partial charge in [0, 0.05) is 13.1 Å². The van der Waals surface area contributed by atoms with Crippen LogP contribution in [0.1, 0.15) is 24.0 Å². The van der Waals surface area contributed by atoms with E-state index in [1.807, 2.05) is 0 Å². The zero-order chi connectivity index (χ0) is 10.5. The second kappa shape index (κ2) is 5.29. The molecule has 0 radical (unpaired) electrons.